The number of H-pyrrole nitrogens is 1. The van der Waals surface area contributed by atoms with Crippen molar-refractivity contribution in [3.63, 3.8) is 0 Å². The molecule has 0 aromatic carbocycles. The number of rotatable bonds is 3. The van der Waals surface area contributed by atoms with E-state index in [1.807, 2.05) is 0 Å². The molecule has 0 spiro atoms. The van der Waals surface area contributed by atoms with Gasteiger partial charge in [0.1, 0.15) is 4.83 Å². The monoisotopic (exact) mass is 278 g/mol. The minimum atomic E-state index is -0.385. The van der Waals surface area contributed by atoms with E-state index in [-0.39, 0.29) is 16.7 Å². The molecule has 2 aromatic rings. The molecule has 0 amide bonds. The molecule has 0 atom stereocenters. The number of aldehydes is 1. The predicted octanol–water partition coefficient (Wildman–Crippen LogP) is 1.67. The number of aryl methyl sites for hydroxylation is 1. The zero-order valence-electron chi connectivity index (χ0n) is 10.8. The van der Waals surface area contributed by atoms with Crippen molar-refractivity contribution in [2.24, 2.45) is 5.41 Å². The molecule has 1 fully saturated rings. The average molecular weight is 278 g/mol. The molecule has 0 saturated heterocycles. The van der Waals surface area contributed by atoms with Gasteiger partial charge in [-0.2, -0.15) is 0 Å². The normalized spacial score (nSPS) is 16.7. The zero-order chi connectivity index (χ0) is 13.8. The van der Waals surface area contributed by atoms with Crippen molar-refractivity contribution in [1.82, 2.24) is 9.55 Å². The molecule has 2 heterocycles. The smallest absolute Gasteiger partial charge is 0.298 e. The number of thiophene rings is 1. The van der Waals surface area contributed by atoms with Crippen molar-refractivity contribution >= 4 is 27.8 Å². The number of carbonyl (C=O) groups excluding carboxylic acids is 1. The number of fused-ring (bicyclic) bond motifs is 1. The Hall–Kier alpha value is -1.69. The summed E-state index contributed by atoms with van der Waals surface area (Å²) in [6, 6.07) is 0. The van der Waals surface area contributed by atoms with E-state index >= 15 is 0 Å². The zero-order valence-corrected chi connectivity index (χ0v) is 11.6. The van der Waals surface area contributed by atoms with Crippen LogP contribution >= 0.6 is 11.3 Å². The van der Waals surface area contributed by atoms with Gasteiger partial charge in [0, 0.05) is 6.54 Å². The Balaban J connectivity index is 2.29. The van der Waals surface area contributed by atoms with Crippen molar-refractivity contribution in [2.75, 3.05) is 0 Å². The molecule has 1 aliphatic carbocycles. The third-order valence-corrected chi connectivity index (χ3v) is 4.99. The van der Waals surface area contributed by atoms with E-state index in [0.717, 1.165) is 30.5 Å². The molecule has 5 nitrogen and oxygen atoms in total. The van der Waals surface area contributed by atoms with Gasteiger partial charge in [0.05, 0.1) is 10.3 Å². The van der Waals surface area contributed by atoms with E-state index in [1.165, 1.54) is 4.57 Å². The number of carbonyl (C=O) groups is 1. The second-order valence-corrected chi connectivity index (χ2v) is 6.60. The van der Waals surface area contributed by atoms with Gasteiger partial charge in [-0.15, -0.1) is 11.3 Å². The van der Waals surface area contributed by atoms with E-state index in [0.29, 0.717) is 27.2 Å². The topological polar surface area (TPSA) is 71.9 Å². The van der Waals surface area contributed by atoms with Crippen LogP contribution in [0.25, 0.3) is 10.2 Å². The first-order valence-electron chi connectivity index (χ1n) is 6.16. The van der Waals surface area contributed by atoms with Crippen LogP contribution in [-0.2, 0) is 6.54 Å². The largest absolute Gasteiger partial charge is 0.329 e. The summed E-state index contributed by atoms with van der Waals surface area (Å²) in [7, 11) is 0. The summed E-state index contributed by atoms with van der Waals surface area (Å²) in [5.41, 5.74) is 0.0612. The summed E-state index contributed by atoms with van der Waals surface area (Å²) in [4.78, 5) is 39.1. The van der Waals surface area contributed by atoms with Crippen LogP contribution in [0.1, 0.15) is 35.0 Å². The van der Waals surface area contributed by atoms with Gasteiger partial charge in [-0.1, -0.05) is 6.92 Å². The first-order valence-corrected chi connectivity index (χ1v) is 6.98. The second-order valence-electron chi connectivity index (χ2n) is 5.55. The highest BCUT2D eigenvalue weighted by molar-refractivity contribution is 7.20. The molecule has 0 aliphatic heterocycles. The predicted molar refractivity (Wildman–Crippen MR) is 74.2 cm³/mol. The molecule has 1 saturated carbocycles. The molecule has 0 radical (unpaired) electrons. The Labute approximate surface area is 112 Å². The van der Waals surface area contributed by atoms with E-state index in [9.17, 15) is 14.4 Å². The van der Waals surface area contributed by atoms with E-state index < -0.39 is 0 Å². The minimum Gasteiger partial charge on any atom is -0.298 e. The molecule has 6 heteroatoms. The Morgan fingerprint density at radius 1 is 1.42 bits per heavy atom. The molecular formula is C13H14N2O3S. The SMILES string of the molecule is Cc1c(C=O)sc2[nH]c(=O)n(CC3(C)CC3)c(=O)c12. The van der Waals surface area contributed by atoms with Gasteiger partial charge in [-0.25, -0.2) is 4.79 Å². The van der Waals surface area contributed by atoms with Gasteiger partial charge < -0.3 is 0 Å². The van der Waals surface area contributed by atoms with Crippen molar-refractivity contribution in [3.05, 3.63) is 31.3 Å². The summed E-state index contributed by atoms with van der Waals surface area (Å²) >= 11 is 1.16. The van der Waals surface area contributed by atoms with Crippen LogP contribution in [0, 0.1) is 12.3 Å². The highest BCUT2D eigenvalue weighted by Gasteiger charge is 2.38. The highest BCUT2D eigenvalue weighted by atomic mass is 32.1. The number of hydrogen-bond acceptors (Lipinski definition) is 4. The van der Waals surface area contributed by atoms with E-state index in [2.05, 4.69) is 11.9 Å². The molecule has 3 rings (SSSR count). The van der Waals surface area contributed by atoms with Crippen LogP contribution in [0.3, 0.4) is 0 Å². The van der Waals surface area contributed by atoms with Crippen LogP contribution in [0.5, 0.6) is 0 Å². The number of nitrogens with one attached hydrogen (secondary N) is 1. The first-order chi connectivity index (χ1) is 8.95. The third kappa shape index (κ3) is 1.87. The molecule has 1 aliphatic rings. The Bertz CT molecular complexity index is 793. The molecule has 19 heavy (non-hydrogen) atoms. The second kappa shape index (κ2) is 3.90. The maximum absolute atomic E-state index is 12.4. The fourth-order valence-corrected chi connectivity index (χ4v) is 3.28. The summed E-state index contributed by atoms with van der Waals surface area (Å²) in [6.45, 7) is 4.26. The quantitative estimate of drug-likeness (QED) is 0.868. The Kier molecular flexibility index (Phi) is 2.53. The van der Waals surface area contributed by atoms with Crippen molar-refractivity contribution < 1.29 is 4.79 Å². The van der Waals surface area contributed by atoms with Gasteiger partial charge in [0.2, 0.25) is 0 Å². The first kappa shape index (κ1) is 12.3. The molecule has 100 valence electrons. The number of aromatic amines is 1. The maximum Gasteiger partial charge on any atom is 0.329 e. The number of hydrogen-bond donors (Lipinski definition) is 1. The summed E-state index contributed by atoms with van der Waals surface area (Å²) in [5, 5.41) is 0.468. The van der Waals surface area contributed by atoms with Crippen LogP contribution in [-0.4, -0.2) is 15.8 Å². The van der Waals surface area contributed by atoms with Gasteiger partial charge >= 0.3 is 5.69 Å². The third-order valence-electron chi connectivity index (χ3n) is 3.86. The van der Waals surface area contributed by atoms with Crippen LogP contribution < -0.4 is 11.2 Å². The van der Waals surface area contributed by atoms with Gasteiger partial charge in [0.15, 0.2) is 6.29 Å². The molecule has 2 aromatic heterocycles. The van der Waals surface area contributed by atoms with Gasteiger partial charge in [-0.05, 0) is 30.7 Å². The number of nitrogens with zero attached hydrogens (tertiary/aromatic N) is 1. The average Bonchev–Trinajstić information content (AvgIpc) is 3.00. The lowest BCUT2D eigenvalue weighted by Crippen LogP contribution is -2.36. The Morgan fingerprint density at radius 2 is 2.11 bits per heavy atom. The summed E-state index contributed by atoms with van der Waals surface area (Å²) in [6.07, 6.45) is 2.81. The summed E-state index contributed by atoms with van der Waals surface area (Å²) in [5.74, 6) is 0. The van der Waals surface area contributed by atoms with Gasteiger partial charge in [-0.3, -0.25) is 19.1 Å². The maximum atomic E-state index is 12.4. The van der Waals surface area contributed by atoms with Crippen molar-refractivity contribution in [2.45, 2.75) is 33.2 Å². The standard InChI is InChI=1S/C13H14N2O3S/c1-7-8(5-16)19-10-9(7)11(17)15(12(18)14-10)6-13(2)3-4-13/h5H,3-4,6H2,1-2H3,(H,14,18). The van der Waals surface area contributed by atoms with Crippen LogP contribution in [0.15, 0.2) is 9.59 Å². The van der Waals surface area contributed by atoms with Crippen molar-refractivity contribution in [3.8, 4) is 0 Å². The molecule has 0 bridgehead atoms. The summed E-state index contributed by atoms with van der Waals surface area (Å²) < 4.78 is 1.27. The fourth-order valence-electron chi connectivity index (χ4n) is 2.28. The number of aromatic nitrogens is 2. The van der Waals surface area contributed by atoms with Crippen molar-refractivity contribution in [1.29, 1.82) is 0 Å². The van der Waals surface area contributed by atoms with Crippen LogP contribution in [0.2, 0.25) is 0 Å². The lowest BCUT2D eigenvalue weighted by Gasteiger charge is -2.09. The Morgan fingerprint density at radius 3 is 2.68 bits per heavy atom. The molecule has 0 unspecified atom stereocenters. The lowest BCUT2D eigenvalue weighted by atomic mass is 10.1. The molecule has 1 N–H and O–H groups in total. The van der Waals surface area contributed by atoms with Gasteiger partial charge in [0.25, 0.3) is 5.56 Å². The highest BCUT2D eigenvalue weighted by Crippen LogP contribution is 2.45. The van der Waals surface area contributed by atoms with E-state index in [4.69, 9.17) is 0 Å². The lowest BCUT2D eigenvalue weighted by molar-refractivity contribution is 0.112. The minimum absolute atomic E-state index is 0.0713. The van der Waals surface area contributed by atoms with Crippen LogP contribution in [0.4, 0.5) is 0 Å². The molecular weight excluding hydrogens is 264 g/mol. The van der Waals surface area contributed by atoms with E-state index in [1.54, 1.807) is 6.92 Å². The fraction of sp³-hybridized carbons (Fsp3) is 0.462.